The number of benzene rings is 1. The number of nitro groups is 1. The van der Waals surface area contributed by atoms with Crippen molar-refractivity contribution in [1.29, 1.82) is 0 Å². The van der Waals surface area contributed by atoms with E-state index in [1.165, 1.54) is 10.4 Å². The van der Waals surface area contributed by atoms with Gasteiger partial charge in [0.15, 0.2) is 0 Å². The first-order valence-electron chi connectivity index (χ1n) is 6.58. The monoisotopic (exact) mass is 315 g/mol. The Morgan fingerprint density at radius 3 is 2.71 bits per heavy atom. The van der Waals surface area contributed by atoms with Gasteiger partial charge in [-0.15, -0.1) is 0 Å². The van der Waals surface area contributed by atoms with Gasteiger partial charge in [-0.2, -0.15) is 12.7 Å². The van der Waals surface area contributed by atoms with Crippen molar-refractivity contribution in [2.24, 2.45) is 0 Å². The van der Waals surface area contributed by atoms with Crippen LogP contribution in [0.25, 0.3) is 0 Å². The second-order valence-electron chi connectivity index (χ2n) is 5.02. The van der Waals surface area contributed by atoms with Gasteiger partial charge in [-0.25, -0.2) is 0 Å². The van der Waals surface area contributed by atoms with Gasteiger partial charge in [0.25, 0.3) is 5.69 Å². The summed E-state index contributed by atoms with van der Waals surface area (Å²) in [6.07, 6.45) is 2.56. The van der Waals surface area contributed by atoms with E-state index in [4.69, 9.17) is 0 Å². The number of nitro benzene ring substituents is 1. The van der Waals surface area contributed by atoms with Gasteiger partial charge in [0.2, 0.25) is 0 Å². The Kier molecular flexibility index (Phi) is 4.33. The van der Waals surface area contributed by atoms with Gasteiger partial charge in [0.05, 0.1) is 16.7 Å². The topological polar surface area (TPSA) is 113 Å². The van der Waals surface area contributed by atoms with Crippen molar-refractivity contribution in [3.63, 3.8) is 0 Å². The number of aromatic hydroxyl groups is 1. The quantitative estimate of drug-likeness (QED) is 0.500. The largest absolute Gasteiger partial charge is 0.505 e. The molecule has 1 saturated heterocycles. The third kappa shape index (κ3) is 3.42. The number of phenols is 1. The fourth-order valence-electron chi connectivity index (χ4n) is 2.35. The number of nitrogens with one attached hydrogen (secondary N) is 1. The van der Waals surface area contributed by atoms with Crippen molar-refractivity contribution in [3.05, 3.63) is 28.3 Å². The minimum absolute atomic E-state index is 0.0710. The Labute approximate surface area is 122 Å². The summed E-state index contributed by atoms with van der Waals surface area (Å²) in [6, 6.07) is 3.12. The molecular weight excluding hydrogens is 298 g/mol. The zero-order chi connectivity index (χ0) is 15.6. The Morgan fingerprint density at radius 2 is 2.14 bits per heavy atom. The van der Waals surface area contributed by atoms with Gasteiger partial charge in [-0.3, -0.25) is 14.8 Å². The molecule has 0 radical (unpaired) electrons. The first kappa shape index (κ1) is 15.5. The maximum atomic E-state index is 12.3. The van der Waals surface area contributed by atoms with Crippen LogP contribution in [0, 0.1) is 10.1 Å². The molecule has 8 nitrogen and oxygen atoms in total. The van der Waals surface area contributed by atoms with Crippen LogP contribution in [0.2, 0.25) is 0 Å². The summed E-state index contributed by atoms with van der Waals surface area (Å²) in [7, 11) is -3.79. The molecule has 1 aromatic carbocycles. The molecule has 0 bridgehead atoms. The van der Waals surface area contributed by atoms with Crippen LogP contribution in [0.1, 0.15) is 26.2 Å². The van der Waals surface area contributed by atoms with Crippen LogP contribution < -0.4 is 4.72 Å². The first-order chi connectivity index (χ1) is 9.81. The molecule has 2 N–H and O–H groups in total. The molecule has 116 valence electrons. The van der Waals surface area contributed by atoms with Gasteiger partial charge >= 0.3 is 10.2 Å². The van der Waals surface area contributed by atoms with E-state index < -0.39 is 20.9 Å². The highest BCUT2D eigenvalue weighted by molar-refractivity contribution is 7.90. The van der Waals surface area contributed by atoms with Gasteiger partial charge in [-0.1, -0.05) is 6.42 Å². The highest BCUT2D eigenvalue weighted by Gasteiger charge is 2.30. The lowest BCUT2D eigenvalue weighted by Gasteiger charge is -2.32. The predicted molar refractivity (Wildman–Crippen MR) is 77.3 cm³/mol. The number of non-ortho nitro benzene ring substituents is 1. The third-order valence-corrected chi connectivity index (χ3v) is 5.12. The van der Waals surface area contributed by atoms with Gasteiger partial charge < -0.3 is 5.11 Å². The average molecular weight is 315 g/mol. The summed E-state index contributed by atoms with van der Waals surface area (Å²) in [5, 5.41) is 20.3. The van der Waals surface area contributed by atoms with E-state index in [9.17, 15) is 23.6 Å². The van der Waals surface area contributed by atoms with Crippen LogP contribution in [0.4, 0.5) is 11.4 Å². The van der Waals surface area contributed by atoms with Crippen molar-refractivity contribution < 1.29 is 18.4 Å². The van der Waals surface area contributed by atoms with Crippen molar-refractivity contribution in [2.45, 2.75) is 32.2 Å². The Bertz CT molecular complexity index is 646. The van der Waals surface area contributed by atoms with Crippen LogP contribution in [0.5, 0.6) is 5.75 Å². The van der Waals surface area contributed by atoms with E-state index in [-0.39, 0.29) is 17.4 Å². The molecular formula is C12H17N3O5S. The lowest BCUT2D eigenvalue weighted by molar-refractivity contribution is -0.384. The standard InChI is InChI=1S/C12H17N3O5S/c1-9-4-2-3-7-14(9)21(19,20)13-11-6-5-10(15(17)18)8-12(11)16/h5-6,8-9,13,16H,2-4,7H2,1H3. The van der Waals surface area contributed by atoms with E-state index in [0.29, 0.717) is 6.54 Å². The summed E-state index contributed by atoms with van der Waals surface area (Å²) in [6.45, 7) is 2.25. The number of phenolic OH excluding ortho intramolecular Hbond substituents is 1. The molecule has 21 heavy (non-hydrogen) atoms. The van der Waals surface area contributed by atoms with Crippen molar-refractivity contribution in [3.8, 4) is 5.75 Å². The molecule has 1 fully saturated rings. The normalized spacial score (nSPS) is 20.1. The zero-order valence-electron chi connectivity index (χ0n) is 11.5. The molecule has 1 aliphatic rings. The maximum absolute atomic E-state index is 12.3. The molecule has 0 aliphatic carbocycles. The molecule has 9 heteroatoms. The number of piperidine rings is 1. The van der Waals surface area contributed by atoms with Gasteiger partial charge in [0, 0.05) is 18.7 Å². The molecule has 0 saturated carbocycles. The third-order valence-electron chi connectivity index (χ3n) is 3.48. The van der Waals surface area contributed by atoms with E-state index in [2.05, 4.69) is 4.72 Å². The number of rotatable bonds is 4. The number of hydrogen-bond acceptors (Lipinski definition) is 5. The highest BCUT2D eigenvalue weighted by Crippen LogP contribution is 2.30. The minimum Gasteiger partial charge on any atom is -0.505 e. The van der Waals surface area contributed by atoms with Crippen molar-refractivity contribution in [1.82, 2.24) is 4.31 Å². The second-order valence-corrected chi connectivity index (χ2v) is 6.64. The van der Waals surface area contributed by atoms with Crippen molar-refractivity contribution >= 4 is 21.6 Å². The molecule has 0 amide bonds. The smallest absolute Gasteiger partial charge is 0.302 e. The lowest BCUT2D eigenvalue weighted by atomic mass is 10.1. The molecule has 1 aliphatic heterocycles. The summed E-state index contributed by atoms with van der Waals surface area (Å²) < 4.78 is 28.2. The maximum Gasteiger partial charge on any atom is 0.302 e. The van der Waals surface area contributed by atoms with Crippen LogP contribution in [0.15, 0.2) is 18.2 Å². The van der Waals surface area contributed by atoms with E-state index in [1.54, 1.807) is 0 Å². The molecule has 1 unspecified atom stereocenters. The Balaban J connectivity index is 2.22. The molecule has 0 spiro atoms. The zero-order valence-corrected chi connectivity index (χ0v) is 12.3. The fraction of sp³-hybridized carbons (Fsp3) is 0.500. The van der Waals surface area contributed by atoms with E-state index in [0.717, 1.165) is 31.4 Å². The SMILES string of the molecule is CC1CCCCN1S(=O)(=O)Nc1ccc([N+](=O)[O-])cc1O. The summed E-state index contributed by atoms with van der Waals surface area (Å²) in [4.78, 5) is 9.93. The predicted octanol–water partition coefficient (Wildman–Crippen LogP) is 1.83. The van der Waals surface area contributed by atoms with E-state index >= 15 is 0 Å². The number of nitrogens with zero attached hydrogens (tertiary/aromatic N) is 2. The van der Waals surface area contributed by atoms with Crippen LogP contribution in [0.3, 0.4) is 0 Å². The molecule has 0 aromatic heterocycles. The van der Waals surface area contributed by atoms with Crippen LogP contribution in [-0.4, -0.2) is 35.3 Å². The van der Waals surface area contributed by atoms with Crippen molar-refractivity contribution in [2.75, 3.05) is 11.3 Å². The van der Waals surface area contributed by atoms with Gasteiger partial charge in [-0.05, 0) is 25.8 Å². The fourth-order valence-corrected chi connectivity index (χ4v) is 3.86. The van der Waals surface area contributed by atoms with Crippen LogP contribution >= 0.6 is 0 Å². The first-order valence-corrected chi connectivity index (χ1v) is 8.02. The lowest BCUT2D eigenvalue weighted by Crippen LogP contribution is -2.44. The number of hydrogen-bond donors (Lipinski definition) is 2. The second kappa shape index (κ2) is 5.86. The van der Waals surface area contributed by atoms with E-state index in [1.807, 2.05) is 6.92 Å². The summed E-state index contributed by atoms with van der Waals surface area (Å²) in [5.74, 6) is -0.475. The van der Waals surface area contributed by atoms with Crippen LogP contribution in [-0.2, 0) is 10.2 Å². The molecule has 1 atom stereocenters. The summed E-state index contributed by atoms with van der Waals surface area (Å²) in [5.41, 5.74) is -0.375. The Hall–Kier alpha value is -1.87. The Morgan fingerprint density at radius 1 is 1.43 bits per heavy atom. The van der Waals surface area contributed by atoms with Gasteiger partial charge in [0.1, 0.15) is 5.75 Å². The minimum atomic E-state index is -3.79. The average Bonchev–Trinajstić information content (AvgIpc) is 2.41. The highest BCUT2D eigenvalue weighted by atomic mass is 32.2. The number of anilines is 1. The molecule has 2 rings (SSSR count). The molecule has 1 heterocycles. The summed E-state index contributed by atoms with van der Waals surface area (Å²) >= 11 is 0. The molecule has 1 aromatic rings.